The van der Waals surface area contributed by atoms with Gasteiger partial charge in [-0.25, -0.2) is 0 Å². The Hall–Kier alpha value is -1.48. The van der Waals surface area contributed by atoms with E-state index in [1.807, 2.05) is 6.07 Å². The van der Waals surface area contributed by atoms with Crippen LogP contribution < -0.4 is 5.32 Å². The smallest absolute Gasteiger partial charge is 0.256 e. The third-order valence-electron chi connectivity index (χ3n) is 3.05. The number of hydrogen-bond donors (Lipinski definition) is 1. The number of benzene rings is 2. The monoisotopic (exact) mass is 323 g/mol. The number of nitrogens with one attached hydrogen (secondary N) is 1. The van der Waals surface area contributed by atoms with Crippen molar-refractivity contribution < 1.29 is 4.79 Å². The minimum absolute atomic E-state index is 0.182. The lowest BCUT2D eigenvalue weighted by Gasteiger charge is -2.02. The van der Waals surface area contributed by atoms with Crippen molar-refractivity contribution in [1.29, 1.82) is 0 Å². The Bertz CT molecular complexity index is 753. The Morgan fingerprint density at radius 1 is 1.05 bits per heavy atom. The van der Waals surface area contributed by atoms with E-state index in [1.54, 1.807) is 36.4 Å². The number of fused-ring (bicyclic) bond motifs is 1. The Morgan fingerprint density at radius 2 is 1.85 bits per heavy atom. The third kappa shape index (κ3) is 2.31. The first-order valence-electron chi connectivity index (χ1n) is 5.83. The highest BCUT2D eigenvalue weighted by Crippen LogP contribution is 2.36. The number of anilines is 1. The second-order valence-electron chi connectivity index (χ2n) is 4.35. The van der Waals surface area contributed by atoms with E-state index in [0.29, 0.717) is 31.9 Å². The molecule has 1 aliphatic heterocycles. The molecular weight excluding hydrogens is 317 g/mol. The molecule has 1 amide bonds. The molecule has 100 valence electrons. The molecule has 2 aromatic rings. The van der Waals surface area contributed by atoms with E-state index in [4.69, 9.17) is 34.8 Å². The lowest BCUT2D eigenvalue weighted by atomic mass is 10.0. The maximum Gasteiger partial charge on any atom is 0.256 e. The van der Waals surface area contributed by atoms with Gasteiger partial charge in [0.25, 0.3) is 5.91 Å². The van der Waals surface area contributed by atoms with Crippen molar-refractivity contribution in [1.82, 2.24) is 0 Å². The van der Waals surface area contributed by atoms with Crippen LogP contribution in [0.1, 0.15) is 11.1 Å². The van der Waals surface area contributed by atoms with Gasteiger partial charge in [-0.2, -0.15) is 0 Å². The number of carbonyl (C=O) groups is 1. The molecule has 2 nitrogen and oxygen atoms in total. The van der Waals surface area contributed by atoms with Crippen LogP contribution in [-0.2, 0) is 4.79 Å². The highest BCUT2D eigenvalue weighted by Gasteiger charge is 2.24. The van der Waals surface area contributed by atoms with E-state index in [2.05, 4.69) is 5.32 Å². The van der Waals surface area contributed by atoms with Gasteiger partial charge in [0.15, 0.2) is 0 Å². The Balaban J connectivity index is 2.14. The van der Waals surface area contributed by atoms with Crippen molar-refractivity contribution in [2.75, 3.05) is 5.32 Å². The zero-order valence-corrected chi connectivity index (χ0v) is 12.4. The summed E-state index contributed by atoms with van der Waals surface area (Å²) in [5, 5.41) is 4.23. The molecule has 0 spiro atoms. The topological polar surface area (TPSA) is 29.1 Å². The van der Waals surface area contributed by atoms with Crippen LogP contribution in [0.15, 0.2) is 36.4 Å². The molecule has 1 N–H and O–H groups in total. The second kappa shape index (κ2) is 5.13. The maximum atomic E-state index is 12.0. The van der Waals surface area contributed by atoms with Gasteiger partial charge in [-0.05, 0) is 29.8 Å². The van der Waals surface area contributed by atoms with Crippen LogP contribution in [0.3, 0.4) is 0 Å². The zero-order chi connectivity index (χ0) is 14.3. The van der Waals surface area contributed by atoms with Gasteiger partial charge in [-0.15, -0.1) is 0 Å². The highest BCUT2D eigenvalue weighted by molar-refractivity contribution is 6.43. The molecule has 5 heteroatoms. The van der Waals surface area contributed by atoms with Crippen LogP contribution in [0.2, 0.25) is 15.1 Å². The maximum absolute atomic E-state index is 12.0. The van der Waals surface area contributed by atoms with Crippen molar-refractivity contribution in [2.45, 2.75) is 0 Å². The van der Waals surface area contributed by atoms with Crippen molar-refractivity contribution in [2.24, 2.45) is 0 Å². The first-order valence-corrected chi connectivity index (χ1v) is 6.96. The molecule has 0 saturated heterocycles. The molecule has 1 aliphatic rings. The molecule has 0 unspecified atom stereocenters. The second-order valence-corrected chi connectivity index (χ2v) is 5.57. The average molecular weight is 325 g/mol. The molecule has 0 atom stereocenters. The molecule has 20 heavy (non-hydrogen) atoms. The molecule has 0 radical (unpaired) electrons. The number of rotatable bonds is 1. The standard InChI is InChI=1S/C15H8Cl3NO/c16-9-4-5-10-11(15(20)19-13(10)7-9)6-8-2-1-3-12(17)14(8)18/h1-7H,(H,19,20)/b11-6+. The van der Waals surface area contributed by atoms with Crippen molar-refractivity contribution in [3.05, 3.63) is 62.6 Å². The van der Waals surface area contributed by atoms with Crippen molar-refractivity contribution in [3.8, 4) is 0 Å². The molecule has 0 aliphatic carbocycles. The summed E-state index contributed by atoms with van der Waals surface area (Å²) in [5.41, 5.74) is 2.75. The summed E-state index contributed by atoms with van der Waals surface area (Å²) in [6.07, 6.45) is 1.73. The first-order chi connectivity index (χ1) is 9.56. The van der Waals surface area contributed by atoms with Crippen molar-refractivity contribution >= 4 is 58.0 Å². The quantitative estimate of drug-likeness (QED) is 0.723. The van der Waals surface area contributed by atoms with Crippen LogP contribution >= 0.6 is 34.8 Å². The van der Waals surface area contributed by atoms with E-state index < -0.39 is 0 Å². The number of halogens is 3. The van der Waals surface area contributed by atoms with E-state index in [9.17, 15) is 4.79 Å². The van der Waals surface area contributed by atoms with Crippen LogP contribution in [-0.4, -0.2) is 5.91 Å². The van der Waals surface area contributed by atoms with Crippen LogP contribution in [0, 0.1) is 0 Å². The van der Waals surface area contributed by atoms with E-state index in [0.717, 1.165) is 5.56 Å². The van der Waals surface area contributed by atoms with Crippen molar-refractivity contribution in [3.63, 3.8) is 0 Å². The molecule has 2 aromatic carbocycles. The first kappa shape index (κ1) is 13.5. The van der Waals surface area contributed by atoms with Gasteiger partial charge < -0.3 is 5.32 Å². The number of carbonyl (C=O) groups excluding carboxylic acids is 1. The third-order valence-corrected chi connectivity index (χ3v) is 4.11. The zero-order valence-electron chi connectivity index (χ0n) is 10.1. The van der Waals surface area contributed by atoms with E-state index in [1.165, 1.54) is 0 Å². The molecule has 1 heterocycles. The van der Waals surface area contributed by atoms with Gasteiger partial charge >= 0.3 is 0 Å². The van der Waals surface area contributed by atoms with E-state index >= 15 is 0 Å². The Labute approximate surface area is 131 Å². The van der Waals surface area contributed by atoms with Gasteiger partial charge in [-0.1, -0.05) is 53.0 Å². The fraction of sp³-hybridized carbons (Fsp3) is 0. The molecule has 0 bridgehead atoms. The summed E-state index contributed by atoms with van der Waals surface area (Å²) in [7, 11) is 0. The molecule has 3 rings (SSSR count). The number of amides is 1. The molecule has 0 fully saturated rings. The fourth-order valence-corrected chi connectivity index (χ4v) is 2.63. The SMILES string of the molecule is O=C1Nc2cc(Cl)ccc2/C1=C\c1cccc(Cl)c1Cl. The predicted molar refractivity (Wildman–Crippen MR) is 84.4 cm³/mol. The van der Waals surface area contributed by atoms with Crippen LogP contribution in [0.4, 0.5) is 5.69 Å². The Morgan fingerprint density at radius 3 is 2.65 bits per heavy atom. The lowest BCUT2D eigenvalue weighted by molar-refractivity contribution is -0.110. The van der Waals surface area contributed by atoms with E-state index in [-0.39, 0.29) is 5.91 Å². The van der Waals surface area contributed by atoms with Gasteiger partial charge in [0.05, 0.1) is 15.7 Å². The summed E-state index contributed by atoms with van der Waals surface area (Å²) in [5.74, 6) is -0.182. The van der Waals surface area contributed by atoms with Gasteiger partial charge in [0, 0.05) is 16.2 Å². The molecule has 0 saturated carbocycles. The Kier molecular flexibility index (Phi) is 3.47. The van der Waals surface area contributed by atoms with Gasteiger partial charge in [0.1, 0.15) is 0 Å². The minimum Gasteiger partial charge on any atom is -0.321 e. The summed E-state index contributed by atoms with van der Waals surface area (Å²) >= 11 is 18.0. The summed E-state index contributed by atoms with van der Waals surface area (Å²) in [6, 6.07) is 10.6. The largest absolute Gasteiger partial charge is 0.321 e. The molecular formula is C15H8Cl3NO. The number of hydrogen-bond acceptors (Lipinski definition) is 1. The van der Waals surface area contributed by atoms with Crippen LogP contribution in [0.25, 0.3) is 11.6 Å². The lowest BCUT2D eigenvalue weighted by Crippen LogP contribution is -2.03. The minimum atomic E-state index is -0.182. The fourth-order valence-electron chi connectivity index (χ4n) is 2.10. The van der Waals surface area contributed by atoms with Gasteiger partial charge in [-0.3, -0.25) is 4.79 Å². The summed E-state index contributed by atoms with van der Waals surface area (Å²) in [6.45, 7) is 0. The highest BCUT2D eigenvalue weighted by atomic mass is 35.5. The average Bonchev–Trinajstić information content (AvgIpc) is 2.70. The van der Waals surface area contributed by atoms with Crippen LogP contribution in [0.5, 0.6) is 0 Å². The summed E-state index contributed by atoms with van der Waals surface area (Å²) in [4.78, 5) is 12.0. The molecule has 0 aromatic heterocycles. The van der Waals surface area contributed by atoms with Gasteiger partial charge in [0.2, 0.25) is 0 Å². The normalized spacial score (nSPS) is 15.3. The predicted octanol–water partition coefficient (Wildman–Crippen LogP) is 5.14. The summed E-state index contributed by atoms with van der Waals surface area (Å²) < 4.78 is 0.